The molecule has 0 aromatic carbocycles. The van der Waals surface area contributed by atoms with Crippen LogP contribution in [0.1, 0.15) is 12.1 Å². The maximum Gasteiger partial charge on any atom is 0.352 e. The maximum atomic E-state index is 11.2. The molecule has 0 aliphatic carbocycles. The lowest BCUT2D eigenvalue weighted by Gasteiger charge is -1.99. The standard InChI is InChI=1S/C10H11N3O2/c1-13-9(5-6-11-13)7-3-4-8(12-7)10(14)15-2/h3,5-6H,4H2,1-2H3. The second kappa shape index (κ2) is 3.68. The molecule has 1 aliphatic heterocycles. The predicted molar refractivity (Wildman–Crippen MR) is 55.3 cm³/mol. The number of allylic oxidation sites excluding steroid dienone is 1. The number of hydrogen-bond acceptors (Lipinski definition) is 4. The highest BCUT2D eigenvalue weighted by Crippen LogP contribution is 2.21. The van der Waals surface area contributed by atoms with Gasteiger partial charge in [-0.1, -0.05) is 6.08 Å². The Bertz CT molecular complexity index is 457. The summed E-state index contributed by atoms with van der Waals surface area (Å²) in [6.07, 6.45) is 4.11. The van der Waals surface area contributed by atoms with E-state index >= 15 is 0 Å². The fourth-order valence-corrected chi connectivity index (χ4v) is 1.46. The van der Waals surface area contributed by atoms with E-state index in [9.17, 15) is 4.79 Å². The van der Waals surface area contributed by atoms with Gasteiger partial charge in [-0.15, -0.1) is 0 Å². The van der Waals surface area contributed by atoms with Crippen LogP contribution in [0.5, 0.6) is 0 Å². The number of nitrogens with zero attached hydrogens (tertiary/aromatic N) is 3. The van der Waals surface area contributed by atoms with Crippen molar-refractivity contribution >= 4 is 17.4 Å². The van der Waals surface area contributed by atoms with Crippen molar-refractivity contribution in [1.82, 2.24) is 9.78 Å². The minimum atomic E-state index is -0.372. The molecule has 0 N–H and O–H groups in total. The number of carbonyl (C=O) groups is 1. The highest BCUT2D eigenvalue weighted by Gasteiger charge is 2.18. The van der Waals surface area contributed by atoms with Gasteiger partial charge in [0.25, 0.3) is 0 Å². The molecule has 0 saturated carbocycles. The molecule has 1 aromatic heterocycles. The van der Waals surface area contributed by atoms with Crippen LogP contribution < -0.4 is 0 Å². The van der Waals surface area contributed by atoms with Crippen LogP contribution in [-0.4, -0.2) is 28.6 Å². The average molecular weight is 205 g/mol. The van der Waals surface area contributed by atoms with Gasteiger partial charge in [-0.3, -0.25) is 4.68 Å². The third kappa shape index (κ3) is 1.68. The van der Waals surface area contributed by atoms with Crippen LogP contribution in [0.2, 0.25) is 0 Å². The van der Waals surface area contributed by atoms with Crippen molar-refractivity contribution < 1.29 is 9.53 Å². The number of esters is 1. The predicted octanol–water partition coefficient (Wildman–Crippen LogP) is 0.779. The molecule has 0 fully saturated rings. The lowest BCUT2D eigenvalue weighted by Crippen LogP contribution is -2.12. The number of aliphatic imine (C=N–C) groups is 1. The maximum absolute atomic E-state index is 11.2. The van der Waals surface area contributed by atoms with E-state index in [0.717, 1.165) is 11.4 Å². The van der Waals surface area contributed by atoms with Crippen LogP contribution in [-0.2, 0) is 16.6 Å². The van der Waals surface area contributed by atoms with Gasteiger partial charge in [-0.25, -0.2) is 9.79 Å². The third-order valence-corrected chi connectivity index (χ3v) is 2.25. The van der Waals surface area contributed by atoms with E-state index in [1.54, 1.807) is 10.9 Å². The van der Waals surface area contributed by atoms with Gasteiger partial charge in [0.1, 0.15) is 5.71 Å². The third-order valence-electron chi connectivity index (χ3n) is 2.25. The molecule has 5 nitrogen and oxygen atoms in total. The minimum Gasteiger partial charge on any atom is -0.465 e. The number of carbonyl (C=O) groups excluding carboxylic acids is 1. The Kier molecular flexibility index (Phi) is 2.37. The zero-order valence-electron chi connectivity index (χ0n) is 8.60. The van der Waals surface area contributed by atoms with Gasteiger partial charge in [-0.05, 0) is 6.07 Å². The number of rotatable bonds is 2. The summed E-state index contributed by atoms with van der Waals surface area (Å²) in [7, 11) is 3.19. The van der Waals surface area contributed by atoms with Crippen molar-refractivity contribution in [3.05, 3.63) is 24.0 Å². The number of methoxy groups -OCH3 is 1. The second-order valence-electron chi connectivity index (χ2n) is 3.18. The molecule has 0 spiro atoms. The summed E-state index contributed by atoms with van der Waals surface area (Å²) in [4.78, 5) is 15.4. The minimum absolute atomic E-state index is 0.372. The number of aryl methyl sites for hydroxylation is 1. The molecular weight excluding hydrogens is 194 g/mol. The summed E-state index contributed by atoms with van der Waals surface area (Å²) in [6, 6.07) is 1.86. The van der Waals surface area contributed by atoms with Gasteiger partial charge in [-0.2, -0.15) is 5.10 Å². The zero-order valence-corrected chi connectivity index (χ0v) is 8.60. The summed E-state index contributed by atoms with van der Waals surface area (Å²) >= 11 is 0. The van der Waals surface area contributed by atoms with Crippen molar-refractivity contribution in [3.63, 3.8) is 0 Å². The highest BCUT2D eigenvalue weighted by molar-refractivity contribution is 6.38. The number of aromatic nitrogens is 2. The Morgan fingerprint density at radius 1 is 1.60 bits per heavy atom. The molecule has 0 amide bonds. The normalized spacial score (nSPS) is 14.8. The first-order valence-corrected chi connectivity index (χ1v) is 4.57. The van der Waals surface area contributed by atoms with Crippen LogP contribution in [0.25, 0.3) is 5.70 Å². The van der Waals surface area contributed by atoms with Crippen molar-refractivity contribution in [2.75, 3.05) is 7.11 Å². The first kappa shape index (κ1) is 9.64. The fourth-order valence-electron chi connectivity index (χ4n) is 1.46. The molecule has 78 valence electrons. The first-order chi connectivity index (χ1) is 7.22. The molecule has 5 heteroatoms. The van der Waals surface area contributed by atoms with Gasteiger partial charge >= 0.3 is 5.97 Å². The Labute approximate surface area is 87.1 Å². The van der Waals surface area contributed by atoms with E-state index < -0.39 is 0 Å². The Balaban J connectivity index is 2.25. The van der Waals surface area contributed by atoms with Gasteiger partial charge in [0, 0.05) is 19.7 Å². The van der Waals surface area contributed by atoms with Gasteiger partial charge in [0.15, 0.2) is 0 Å². The van der Waals surface area contributed by atoms with Crippen molar-refractivity contribution in [2.24, 2.45) is 12.0 Å². The van der Waals surface area contributed by atoms with Crippen molar-refractivity contribution in [2.45, 2.75) is 6.42 Å². The van der Waals surface area contributed by atoms with Crippen molar-refractivity contribution in [1.29, 1.82) is 0 Å². The van der Waals surface area contributed by atoms with E-state index in [1.165, 1.54) is 7.11 Å². The highest BCUT2D eigenvalue weighted by atomic mass is 16.5. The van der Waals surface area contributed by atoms with E-state index in [-0.39, 0.29) is 5.97 Å². The zero-order chi connectivity index (χ0) is 10.8. The fraction of sp³-hybridized carbons (Fsp3) is 0.300. The van der Waals surface area contributed by atoms with Crippen LogP contribution in [0.3, 0.4) is 0 Å². The number of hydrogen-bond donors (Lipinski definition) is 0. The van der Waals surface area contributed by atoms with E-state index in [2.05, 4.69) is 14.8 Å². The summed E-state index contributed by atoms with van der Waals surface area (Å²) in [5.74, 6) is -0.372. The summed E-state index contributed by atoms with van der Waals surface area (Å²) < 4.78 is 6.32. The SMILES string of the molecule is COC(=O)C1=NC(c2ccnn2C)=CC1. The lowest BCUT2D eigenvalue weighted by atomic mass is 10.2. The van der Waals surface area contributed by atoms with Crippen LogP contribution >= 0.6 is 0 Å². The molecule has 0 bridgehead atoms. The smallest absolute Gasteiger partial charge is 0.352 e. The van der Waals surface area contributed by atoms with E-state index in [4.69, 9.17) is 0 Å². The molecule has 2 rings (SSSR count). The molecule has 0 unspecified atom stereocenters. The molecule has 1 aliphatic rings. The molecule has 15 heavy (non-hydrogen) atoms. The van der Waals surface area contributed by atoms with Crippen LogP contribution in [0, 0.1) is 0 Å². The van der Waals surface area contributed by atoms with Crippen molar-refractivity contribution in [3.8, 4) is 0 Å². The largest absolute Gasteiger partial charge is 0.465 e. The lowest BCUT2D eigenvalue weighted by molar-refractivity contribution is -0.132. The van der Waals surface area contributed by atoms with Gasteiger partial charge < -0.3 is 4.74 Å². The summed E-state index contributed by atoms with van der Waals surface area (Å²) in [6.45, 7) is 0. The molecular formula is C10H11N3O2. The van der Waals surface area contributed by atoms with Crippen LogP contribution in [0.4, 0.5) is 0 Å². The molecule has 0 saturated heterocycles. The molecule has 1 aromatic rings. The average Bonchev–Trinajstić information content (AvgIpc) is 2.84. The quantitative estimate of drug-likeness (QED) is 0.670. The van der Waals surface area contributed by atoms with Crippen LogP contribution in [0.15, 0.2) is 23.3 Å². The Morgan fingerprint density at radius 2 is 2.40 bits per heavy atom. The summed E-state index contributed by atoms with van der Waals surface area (Å²) in [5, 5.41) is 4.04. The van der Waals surface area contributed by atoms with Gasteiger partial charge in [0.2, 0.25) is 0 Å². The van der Waals surface area contributed by atoms with E-state index in [1.807, 2.05) is 19.2 Å². The Hall–Kier alpha value is -1.91. The monoisotopic (exact) mass is 205 g/mol. The first-order valence-electron chi connectivity index (χ1n) is 4.57. The topological polar surface area (TPSA) is 56.5 Å². The molecule has 0 radical (unpaired) electrons. The van der Waals surface area contributed by atoms with Gasteiger partial charge in [0.05, 0.1) is 18.5 Å². The van der Waals surface area contributed by atoms with E-state index in [0.29, 0.717) is 12.1 Å². The summed E-state index contributed by atoms with van der Waals surface area (Å²) in [5.41, 5.74) is 2.11. The second-order valence-corrected chi connectivity index (χ2v) is 3.18. The Morgan fingerprint density at radius 3 is 3.00 bits per heavy atom. The molecule has 0 atom stereocenters. The number of ether oxygens (including phenoxy) is 1. The molecule has 2 heterocycles.